The van der Waals surface area contributed by atoms with Crippen molar-refractivity contribution in [2.75, 3.05) is 5.75 Å². The maximum Gasteiger partial charge on any atom is 0.342 e. The van der Waals surface area contributed by atoms with E-state index in [1.165, 1.54) is 18.0 Å². The maximum absolute atomic E-state index is 12.5. The van der Waals surface area contributed by atoms with Crippen molar-refractivity contribution in [1.29, 1.82) is 0 Å². The summed E-state index contributed by atoms with van der Waals surface area (Å²) in [6, 6.07) is 20.7. The average Bonchev–Trinajstić information content (AvgIpc) is 3.30. The number of hydrogen-bond donors (Lipinski definition) is 2. The van der Waals surface area contributed by atoms with Crippen molar-refractivity contribution < 1.29 is 14.5 Å². The molecule has 0 unspecified atom stereocenters. The molecule has 0 aliphatic heterocycles. The molecular weight excluding hydrogens is 494 g/mol. The zero-order valence-corrected chi connectivity index (χ0v) is 21.1. The molecule has 0 atom stereocenters. The lowest BCUT2D eigenvalue weighted by Gasteiger charge is -2.15. The number of carbonyl (C=O) groups excluding carboxylic acids is 1. The van der Waals surface area contributed by atoms with Gasteiger partial charge in [-0.2, -0.15) is 9.67 Å². The zero-order valence-electron chi connectivity index (χ0n) is 19.6. The molecule has 1 heterocycles. The molecule has 0 spiro atoms. The second kappa shape index (κ2) is 11.7. The van der Waals surface area contributed by atoms with Crippen LogP contribution in [0.15, 0.2) is 89.6 Å². The summed E-state index contributed by atoms with van der Waals surface area (Å²) < 4.78 is 1.94. The molecule has 0 saturated heterocycles. The molecule has 1 amide bonds. The molecule has 2 N–H and O–H groups in total. The summed E-state index contributed by atoms with van der Waals surface area (Å²) >= 11 is 7.35. The minimum atomic E-state index is -0.325. The second-order valence-corrected chi connectivity index (χ2v) is 9.32. The number of nitrogens with zero attached hydrogens (tertiary/aromatic N) is 3. The number of halogens is 1. The van der Waals surface area contributed by atoms with Crippen LogP contribution in [0, 0.1) is 6.92 Å². The van der Waals surface area contributed by atoms with Gasteiger partial charge in [-0.05, 0) is 67.1 Å². The van der Waals surface area contributed by atoms with Gasteiger partial charge in [0.25, 0.3) is 11.7 Å². The molecule has 1 aromatic heterocycles. The van der Waals surface area contributed by atoms with E-state index in [1.54, 1.807) is 36.4 Å². The Bertz CT molecular complexity index is 1400. The Morgan fingerprint density at radius 2 is 1.94 bits per heavy atom. The Morgan fingerprint density at radius 1 is 1.19 bits per heavy atom. The first kappa shape index (κ1) is 25.2. The van der Waals surface area contributed by atoms with Gasteiger partial charge in [-0.1, -0.05) is 64.9 Å². The minimum absolute atomic E-state index is 0.0733. The molecule has 0 aliphatic carbocycles. The van der Waals surface area contributed by atoms with Gasteiger partial charge in [-0.25, -0.2) is 5.43 Å². The Morgan fingerprint density at radius 3 is 2.67 bits per heavy atom. The van der Waals surface area contributed by atoms with Crippen LogP contribution in [-0.2, 0) is 11.2 Å². The summed E-state index contributed by atoms with van der Waals surface area (Å²) in [6.07, 6.45) is 3.51. The summed E-state index contributed by atoms with van der Waals surface area (Å²) in [4.78, 5) is 12.5. The molecule has 182 valence electrons. The SMILES string of the molecule is C=CCc1cccc(/C=N/NC(=O)CSc2n[nH]c(-c3ccc(C)cc3)[n+]2-c2ccc(Cl)cc2)c1[O-]. The number of H-pyrrole nitrogens is 1. The van der Waals surface area contributed by atoms with Crippen molar-refractivity contribution in [1.82, 2.24) is 15.6 Å². The number of thioether (sulfide) groups is 1. The highest BCUT2D eigenvalue weighted by Crippen LogP contribution is 2.22. The van der Waals surface area contributed by atoms with Gasteiger partial charge in [-0.15, -0.1) is 11.7 Å². The van der Waals surface area contributed by atoms with Crippen molar-refractivity contribution in [2.24, 2.45) is 5.10 Å². The van der Waals surface area contributed by atoms with E-state index in [9.17, 15) is 9.90 Å². The summed E-state index contributed by atoms with van der Waals surface area (Å²) in [7, 11) is 0. The molecule has 36 heavy (non-hydrogen) atoms. The van der Waals surface area contributed by atoms with E-state index >= 15 is 0 Å². The van der Waals surface area contributed by atoms with Gasteiger partial charge < -0.3 is 5.11 Å². The molecule has 0 fully saturated rings. The number of hydrogen-bond acceptors (Lipinski definition) is 5. The number of aryl methyl sites for hydroxylation is 1. The number of allylic oxidation sites excluding steroid dienone is 1. The average molecular weight is 518 g/mol. The number of hydrazone groups is 1. The highest BCUT2D eigenvalue weighted by atomic mass is 35.5. The van der Waals surface area contributed by atoms with Gasteiger partial charge in [0.2, 0.25) is 0 Å². The smallest absolute Gasteiger partial charge is 0.342 e. The van der Waals surface area contributed by atoms with E-state index < -0.39 is 0 Å². The molecule has 4 rings (SSSR count). The van der Waals surface area contributed by atoms with Gasteiger partial charge in [0.1, 0.15) is 5.69 Å². The Hall–Kier alpha value is -3.88. The predicted octanol–water partition coefficient (Wildman–Crippen LogP) is 4.36. The third-order valence-electron chi connectivity index (χ3n) is 5.30. The summed E-state index contributed by atoms with van der Waals surface area (Å²) in [5.41, 5.74) is 6.47. The number of nitrogens with one attached hydrogen (secondary N) is 2. The first-order valence-electron chi connectivity index (χ1n) is 11.1. The van der Waals surface area contributed by atoms with Gasteiger partial charge in [0.15, 0.2) is 0 Å². The van der Waals surface area contributed by atoms with Gasteiger partial charge in [0.05, 0.1) is 22.6 Å². The van der Waals surface area contributed by atoms with Crippen LogP contribution in [0.4, 0.5) is 0 Å². The molecule has 0 saturated carbocycles. The number of benzene rings is 3. The lowest BCUT2D eigenvalue weighted by atomic mass is 10.1. The Kier molecular flexibility index (Phi) is 8.20. The van der Waals surface area contributed by atoms with E-state index in [1.807, 2.05) is 47.9 Å². The number of aromatic nitrogens is 3. The fourth-order valence-corrected chi connectivity index (χ4v) is 4.37. The van der Waals surface area contributed by atoms with Gasteiger partial charge in [0, 0.05) is 5.02 Å². The lowest BCUT2D eigenvalue weighted by Crippen LogP contribution is -2.34. The third-order valence-corrected chi connectivity index (χ3v) is 6.49. The van der Waals surface area contributed by atoms with Crippen molar-refractivity contribution in [3.63, 3.8) is 0 Å². The molecule has 0 bridgehead atoms. The molecule has 0 aliphatic rings. The molecular formula is C27H24ClN5O2S. The fraction of sp³-hybridized carbons (Fsp3) is 0.111. The van der Waals surface area contributed by atoms with E-state index in [0.717, 1.165) is 22.6 Å². The fourth-order valence-electron chi connectivity index (χ4n) is 3.49. The Labute approximate surface area is 218 Å². The van der Waals surface area contributed by atoms with Gasteiger partial charge in [-0.3, -0.25) is 4.79 Å². The number of aromatic amines is 1. The Balaban J connectivity index is 1.49. The minimum Gasteiger partial charge on any atom is -0.872 e. The number of carbonyl (C=O) groups is 1. The molecule has 9 heteroatoms. The van der Waals surface area contributed by atoms with E-state index in [2.05, 4.69) is 27.3 Å². The van der Waals surface area contributed by atoms with E-state index in [4.69, 9.17) is 11.6 Å². The van der Waals surface area contributed by atoms with E-state index in [-0.39, 0.29) is 17.4 Å². The maximum atomic E-state index is 12.5. The van der Waals surface area contributed by atoms with Gasteiger partial charge >= 0.3 is 5.16 Å². The highest BCUT2D eigenvalue weighted by molar-refractivity contribution is 7.99. The third kappa shape index (κ3) is 6.02. The summed E-state index contributed by atoms with van der Waals surface area (Å²) in [6.45, 7) is 5.69. The van der Waals surface area contributed by atoms with Crippen molar-refractivity contribution in [2.45, 2.75) is 18.5 Å². The van der Waals surface area contributed by atoms with Crippen molar-refractivity contribution in [3.05, 3.63) is 101 Å². The number of rotatable bonds is 9. The predicted molar refractivity (Wildman–Crippen MR) is 142 cm³/mol. The summed E-state index contributed by atoms with van der Waals surface area (Å²) in [5, 5.41) is 25.1. The lowest BCUT2D eigenvalue weighted by molar-refractivity contribution is -0.625. The molecule has 3 aromatic carbocycles. The highest BCUT2D eigenvalue weighted by Gasteiger charge is 2.24. The molecule has 7 nitrogen and oxygen atoms in total. The van der Waals surface area contributed by atoms with Crippen LogP contribution in [0.1, 0.15) is 16.7 Å². The van der Waals surface area contributed by atoms with Crippen LogP contribution in [0.2, 0.25) is 5.02 Å². The first-order valence-corrected chi connectivity index (χ1v) is 12.5. The van der Waals surface area contributed by atoms with Crippen LogP contribution in [-0.4, -0.2) is 28.1 Å². The number of amides is 1. The first-order chi connectivity index (χ1) is 17.5. The van der Waals surface area contributed by atoms with Crippen LogP contribution in [0.3, 0.4) is 0 Å². The largest absolute Gasteiger partial charge is 0.872 e. The zero-order chi connectivity index (χ0) is 25.5. The van der Waals surface area contributed by atoms with Crippen LogP contribution < -0.4 is 15.1 Å². The van der Waals surface area contributed by atoms with Crippen LogP contribution in [0.5, 0.6) is 5.75 Å². The standard InChI is InChI=1S/C27H24ClN5O2S/c1-3-5-19-6-4-7-21(25(19)35)16-29-30-24(34)17-36-27-32-31-26(20-10-8-18(2)9-11-20)33(27)23-14-12-22(28)13-15-23/h3-4,6-16H,1,5,17H2,2H3,(H2,29,30,34,35). The molecule has 4 aromatic rings. The van der Waals surface area contributed by atoms with Crippen LogP contribution in [0.25, 0.3) is 17.1 Å². The van der Waals surface area contributed by atoms with Crippen LogP contribution >= 0.6 is 23.4 Å². The van der Waals surface area contributed by atoms with Crippen molar-refractivity contribution in [3.8, 4) is 22.8 Å². The molecule has 0 radical (unpaired) electrons. The topological polar surface area (TPSA) is 97.1 Å². The van der Waals surface area contributed by atoms with E-state index in [0.29, 0.717) is 27.7 Å². The summed E-state index contributed by atoms with van der Waals surface area (Å²) in [5.74, 6) is 0.396. The quantitative estimate of drug-likeness (QED) is 0.113. The monoisotopic (exact) mass is 517 g/mol. The normalized spacial score (nSPS) is 11.1. The van der Waals surface area contributed by atoms with Crippen molar-refractivity contribution >= 4 is 35.5 Å². The second-order valence-electron chi connectivity index (χ2n) is 7.94. The number of para-hydroxylation sites is 1.